The topological polar surface area (TPSA) is 149 Å². The molecule has 4 N–H and O–H groups in total. The summed E-state index contributed by atoms with van der Waals surface area (Å²) in [6, 6.07) is 16.0. The van der Waals surface area contributed by atoms with E-state index in [1.165, 1.54) is 18.2 Å². The second-order valence-corrected chi connectivity index (χ2v) is 9.29. The molecule has 0 aliphatic heterocycles. The molecule has 38 heavy (non-hydrogen) atoms. The van der Waals surface area contributed by atoms with Gasteiger partial charge in [-0.15, -0.1) is 0 Å². The van der Waals surface area contributed by atoms with Crippen molar-refractivity contribution in [2.45, 2.75) is 0 Å². The third-order valence-electron chi connectivity index (χ3n) is 7.50. The molecule has 182 valence electrons. The van der Waals surface area contributed by atoms with Crippen LogP contribution in [0.15, 0.2) is 60.7 Å². The smallest absolute Gasteiger partial charge is 0.337 e. The molecule has 0 aromatic heterocycles. The van der Waals surface area contributed by atoms with Crippen molar-refractivity contribution in [2.24, 2.45) is 0 Å². The molecule has 0 fully saturated rings. The van der Waals surface area contributed by atoms with Crippen molar-refractivity contribution in [1.82, 2.24) is 0 Å². The number of benzene rings is 7. The van der Waals surface area contributed by atoms with E-state index in [2.05, 4.69) is 0 Å². The van der Waals surface area contributed by atoms with E-state index in [0.29, 0.717) is 48.5 Å². The highest BCUT2D eigenvalue weighted by atomic mass is 16.4. The molecule has 0 aliphatic carbocycles. The average Bonchev–Trinajstić information content (AvgIpc) is 2.89. The lowest BCUT2D eigenvalue weighted by molar-refractivity contribution is 0.0653. The van der Waals surface area contributed by atoms with Gasteiger partial charge in [0.25, 0.3) is 0 Å². The Balaban J connectivity index is 1.99. The highest BCUT2D eigenvalue weighted by molar-refractivity contribution is 6.48. The van der Waals surface area contributed by atoms with Crippen LogP contribution in [0.5, 0.6) is 0 Å². The Labute approximate surface area is 211 Å². The highest BCUT2D eigenvalue weighted by Gasteiger charge is 2.29. The van der Waals surface area contributed by atoms with Crippen LogP contribution in [0.3, 0.4) is 0 Å². The highest BCUT2D eigenvalue weighted by Crippen LogP contribution is 2.50. The monoisotopic (exact) mass is 502 g/mol. The van der Waals surface area contributed by atoms with Crippen LogP contribution in [0.1, 0.15) is 41.4 Å². The van der Waals surface area contributed by atoms with Crippen LogP contribution in [0.2, 0.25) is 0 Å². The van der Waals surface area contributed by atoms with Gasteiger partial charge >= 0.3 is 23.9 Å². The minimum Gasteiger partial charge on any atom is -0.478 e. The summed E-state index contributed by atoms with van der Waals surface area (Å²) in [5.74, 6) is -5.22. The summed E-state index contributed by atoms with van der Waals surface area (Å²) < 4.78 is 0. The summed E-state index contributed by atoms with van der Waals surface area (Å²) in [5.41, 5.74) is -0.842. The maximum absolute atomic E-state index is 12.6. The lowest BCUT2D eigenvalue weighted by Gasteiger charge is -2.23. The molecule has 7 aromatic carbocycles. The first-order valence-electron chi connectivity index (χ1n) is 11.5. The molecular weight excluding hydrogens is 488 g/mol. The summed E-state index contributed by atoms with van der Waals surface area (Å²) >= 11 is 0. The molecule has 0 saturated heterocycles. The van der Waals surface area contributed by atoms with Crippen molar-refractivity contribution in [1.29, 1.82) is 0 Å². The average molecular weight is 502 g/mol. The fourth-order valence-electron chi connectivity index (χ4n) is 6.21. The van der Waals surface area contributed by atoms with Gasteiger partial charge in [-0.25, -0.2) is 19.2 Å². The van der Waals surface area contributed by atoms with Crippen molar-refractivity contribution >= 4 is 88.5 Å². The Kier molecular flexibility index (Phi) is 4.03. The van der Waals surface area contributed by atoms with Gasteiger partial charge in [-0.2, -0.15) is 0 Å². The Morgan fingerprint density at radius 2 is 1.03 bits per heavy atom. The summed E-state index contributed by atoms with van der Waals surface area (Å²) in [7, 11) is 0. The van der Waals surface area contributed by atoms with Crippen LogP contribution in [-0.2, 0) is 0 Å². The first kappa shape index (κ1) is 21.8. The molecule has 7 rings (SSSR count). The third kappa shape index (κ3) is 2.48. The molecule has 8 nitrogen and oxygen atoms in total. The molecule has 0 heterocycles. The predicted octanol–water partition coefficient (Wildman–Crippen LogP) is 6.27. The van der Waals surface area contributed by atoms with Crippen molar-refractivity contribution in [3.05, 3.63) is 82.9 Å². The first-order chi connectivity index (χ1) is 18.2. The van der Waals surface area contributed by atoms with Crippen LogP contribution in [0.4, 0.5) is 0 Å². The van der Waals surface area contributed by atoms with E-state index in [-0.39, 0.29) is 38.4 Å². The van der Waals surface area contributed by atoms with Crippen LogP contribution in [0, 0.1) is 0 Å². The number of aromatic carboxylic acids is 4. The third-order valence-corrected chi connectivity index (χ3v) is 7.50. The van der Waals surface area contributed by atoms with E-state index in [1.54, 1.807) is 42.5 Å². The van der Waals surface area contributed by atoms with Crippen molar-refractivity contribution in [3.63, 3.8) is 0 Å². The van der Waals surface area contributed by atoms with Gasteiger partial charge in [0, 0.05) is 21.5 Å². The van der Waals surface area contributed by atoms with Crippen molar-refractivity contribution in [2.75, 3.05) is 0 Å². The van der Waals surface area contributed by atoms with Crippen molar-refractivity contribution in [3.8, 4) is 0 Å². The van der Waals surface area contributed by atoms with E-state index >= 15 is 0 Å². The van der Waals surface area contributed by atoms with E-state index in [1.807, 2.05) is 0 Å². The number of hydrogen-bond acceptors (Lipinski definition) is 4. The van der Waals surface area contributed by atoms with Crippen molar-refractivity contribution < 1.29 is 39.6 Å². The van der Waals surface area contributed by atoms with Gasteiger partial charge in [-0.3, -0.25) is 0 Å². The number of hydrogen-bond donors (Lipinski definition) is 4. The largest absolute Gasteiger partial charge is 0.478 e. The lowest BCUT2D eigenvalue weighted by atomic mass is 9.79. The second kappa shape index (κ2) is 7.04. The summed E-state index contributed by atoms with van der Waals surface area (Å²) in [4.78, 5) is 49.6. The van der Waals surface area contributed by atoms with E-state index < -0.39 is 23.9 Å². The normalized spacial score (nSPS) is 12.0. The molecule has 0 aliphatic rings. The lowest BCUT2D eigenvalue weighted by Crippen LogP contribution is -2.10. The quantitative estimate of drug-likeness (QED) is 0.162. The van der Waals surface area contributed by atoms with Gasteiger partial charge in [-0.05, 0) is 61.3 Å². The Bertz CT molecular complexity index is 2240. The van der Waals surface area contributed by atoms with Crippen LogP contribution < -0.4 is 0 Å². The summed E-state index contributed by atoms with van der Waals surface area (Å²) in [5, 5.41) is 45.8. The zero-order valence-corrected chi connectivity index (χ0v) is 19.2. The summed E-state index contributed by atoms with van der Waals surface area (Å²) in [6.07, 6.45) is 0. The van der Waals surface area contributed by atoms with E-state index in [0.717, 1.165) is 0 Å². The van der Waals surface area contributed by atoms with E-state index in [9.17, 15) is 39.6 Å². The number of carboxylic acid groups (broad SMARTS) is 4. The summed E-state index contributed by atoms with van der Waals surface area (Å²) in [6.45, 7) is 0. The molecule has 7 aromatic rings. The predicted molar refractivity (Wildman–Crippen MR) is 142 cm³/mol. The molecule has 0 saturated carbocycles. The fourth-order valence-corrected chi connectivity index (χ4v) is 6.21. The van der Waals surface area contributed by atoms with E-state index in [4.69, 9.17) is 0 Å². The van der Waals surface area contributed by atoms with Crippen LogP contribution in [0.25, 0.3) is 64.6 Å². The SMILES string of the molecule is O=C(O)c1cc2ccc3c4cccc(C(=O)O)c4c4c(C(=O)O)cc5cccc6c(c1C(=O)O)c2c3c4c56. The van der Waals surface area contributed by atoms with Gasteiger partial charge in [0.2, 0.25) is 0 Å². The molecule has 0 amide bonds. The standard InChI is InChI=1S/C30H14O8/c31-27(32)16-6-2-4-13-14-8-7-12-10-18(29(35)36)25(30(37)38)23-15-5-1-3-11-9-17(28(33)34)24(21(13)16)26(19(11)15)22(14)20(12)23/h1-10H,(H,31,32)(H,33,34)(H,35,36)(H,37,38). The number of carbonyl (C=O) groups is 4. The number of rotatable bonds is 4. The Morgan fingerprint density at radius 3 is 1.71 bits per heavy atom. The zero-order valence-electron chi connectivity index (χ0n) is 19.2. The maximum atomic E-state index is 12.6. The number of fused-ring (bicyclic) bond motifs is 4. The Hall–Kier alpha value is -5.50. The van der Waals surface area contributed by atoms with Gasteiger partial charge < -0.3 is 20.4 Å². The molecule has 0 spiro atoms. The molecule has 0 bridgehead atoms. The molecular formula is C30H14O8. The molecule has 0 atom stereocenters. The molecule has 0 unspecified atom stereocenters. The van der Waals surface area contributed by atoms with Crippen LogP contribution in [-0.4, -0.2) is 44.3 Å². The first-order valence-corrected chi connectivity index (χ1v) is 11.5. The maximum Gasteiger partial charge on any atom is 0.337 e. The molecule has 0 radical (unpaired) electrons. The van der Waals surface area contributed by atoms with Crippen LogP contribution >= 0.6 is 0 Å². The van der Waals surface area contributed by atoms with Gasteiger partial charge in [-0.1, -0.05) is 42.5 Å². The number of carboxylic acids is 4. The fraction of sp³-hybridized carbons (Fsp3) is 0. The minimum absolute atomic E-state index is 0.0536. The molecule has 8 heteroatoms. The zero-order chi connectivity index (χ0) is 26.6. The Morgan fingerprint density at radius 1 is 0.421 bits per heavy atom. The minimum atomic E-state index is -1.40. The van der Waals surface area contributed by atoms with Gasteiger partial charge in [0.1, 0.15) is 0 Å². The van der Waals surface area contributed by atoms with Gasteiger partial charge in [0.15, 0.2) is 0 Å². The van der Waals surface area contributed by atoms with Gasteiger partial charge in [0.05, 0.1) is 22.3 Å². The second-order valence-electron chi connectivity index (χ2n) is 9.29.